The van der Waals surface area contributed by atoms with Crippen LogP contribution in [0.15, 0.2) is 24.3 Å². The Morgan fingerprint density at radius 3 is 2.52 bits per heavy atom. The van der Waals surface area contributed by atoms with E-state index in [9.17, 15) is 9.18 Å². The summed E-state index contributed by atoms with van der Waals surface area (Å²) in [6.07, 6.45) is 2.24. The van der Waals surface area contributed by atoms with Gasteiger partial charge in [0.15, 0.2) is 0 Å². The van der Waals surface area contributed by atoms with E-state index in [0.29, 0.717) is 24.6 Å². The average molecular weight is 322 g/mol. The van der Waals surface area contributed by atoms with Crippen molar-refractivity contribution in [1.29, 1.82) is 0 Å². The summed E-state index contributed by atoms with van der Waals surface area (Å²) in [5.74, 6) is 0.162. The number of amides is 1. The summed E-state index contributed by atoms with van der Waals surface area (Å²) in [5, 5.41) is 0. The normalized spacial score (nSPS) is 17.9. The van der Waals surface area contributed by atoms with Crippen LogP contribution in [-0.2, 0) is 4.74 Å². The summed E-state index contributed by atoms with van der Waals surface area (Å²) in [5.41, 5.74) is 6.26. The molecular formula is C18H27FN2O2. The first-order valence-corrected chi connectivity index (χ1v) is 8.24. The van der Waals surface area contributed by atoms with E-state index in [4.69, 9.17) is 10.5 Å². The molecule has 1 atom stereocenters. The number of hydrogen-bond acceptors (Lipinski definition) is 3. The van der Waals surface area contributed by atoms with Crippen molar-refractivity contribution in [3.8, 4) is 0 Å². The van der Waals surface area contributed by atoms with E-state index in [2.05, 4.69) is 0 Å². The maximum atomic E-state index is 13.8. The molecule has 0 aromatic heterocycles. The highest BCUT2D eigenvalue weighted by Crippen LogP contribution is 2.28. The minimum atomic E-state index is -0.471. The van der Waals surface area contributed by atoms with E-state index in [0.717, 1.165) is 19.3 Å². The Hall–Kier alpha value is -1.62. The number of hydrogen-bond donors (Lipinski definition) is 1. The molecule has 1 aromatic rings. The van der Waals surface area contributed by atoms with E-state index >= 15 is 0 Å². The SMILES string of the molecule is CC(C)(C)OC(=O)N1CCC(C[C@H](N)c2ccccc2F)CC1. The van der Waals surface area contributed by atoms with Crippen molar-refractivity contribution in [1.82, 2.24) is 4.90 Å². The Kier molecular flexibility index (Phi) is 5.63. The molecule has 1 aromatic carbocycles. The quantitative estimate of drug-likeness (QED) is 0.919. The van der Waals surface area contributed by atoms with Crippen LogP contribution < -0.4 is 5.73 Å². The van der Waals surface area contributed by atoms with Crippen molar-refractivity contribution >= 4 is 6.09 Å². The monoisotopic (exact) mass is 322 g/mol. The first kappa shape index (κ1) is 17.7. The molecule has 128 valence electrons. The maximum Gasteiger partial charge on any atom is 0.410 e. The first-order valence-electron chi connectivity index (χ1n) is 8.24. The number of benzene rings is 1. The molecule has 0 saturated carbocycles. The van der Waals surface area contributed by atoms with E-state index in [1.807, 2.05) is 26.8 Å². The molecule has 23 heavy (non-hydrogen) atoms. The van der Waals surface area contributed by atoms with Crippen molar-refractivity contribution in [2.24, 2.45) is 11.7 Å². The standard InChI is InChI=1S/C18H27FN2O2/c1-18(2,3)23-17(22)21-10-8-13(9-11-21)12-16(20)14-6-4-5-7-15(14)19/h4-7,13,16H,8-12,20H2,1-3H3/t16-/m0/s1. The second kappa shape index (κ2) is 7.30. The third-order valence-corrected chi connectivity index (χ3v) is 4.16. The summed E-state index contributed by atoms with van der Waals surface area (Å²) in [6.45, 7) is 6.94. The molecule has 1 aliphatic heterocycles. The van der Waals surface area contributed by atoms with Gasteiger partial charge < -0.3 is 15.4 Å². The third kappa shape index (κ3) is 5.20. The highest BCUT2D eigenvalue weighted by atomic mass is 19.1. The van der Waals surface area contributed by atoms with Gasteiger partial charge in [-0.1, -0.05) is 18.2 Å². The van der Waals surface area contributed by atoms with Crippen LogP contribution in [-0.4, -0.2) is 29.7 Å². The molecule has 1 aliphatic rings. The van der Waals surface area contributed by atoms with Gasteiger partial charge in [-0.05, 0) is 52.0 Å². The van der Waals surface area contributed by atoms with Crippen molar-refractivity contribution in [2.75, 3.05) is 13.1 Å². The zero-order valence-corrected chi connectivity index (χ0v) is 14.2. The Morgan fingerprint density at radius 2 is 1.96 bits per heavy atom. The van der Waals surface area contributed by atoms with Crippen molar-refractivity contribution in [2.45, 2.75) is 51.7 Å². The molecule has 0 radical (unpaired) electrons. The molecule has 2 rings (SSSR count). The average Bonchev–Trinajstić information content (AvgIpc) is 2.46. The molecule has 1 saturated heterocycles. The fraction of sp³-hybridized carbons (Fsp3) is 0.611. The van der Waals surface area contributed by atoms with Crippen molar-refractivity contribution in [3.05, 3.63) is 35.6 Å². The number of piperidine rings is 1. The number of nitrogens with zero attached hydrogens (tertiary/aromatic N) is 1. The van der Waals surface area contributed by atoms with E-state index in [1.165, 1.54) is 6.07 Å². The molecule has 1 fully saturated rings. The van der Waals surface area contributed by atoms with Gasteiger partial charge in [-0.2, -0.15) is 0 Å². The van der Waals surface area contributed by atoms with Gasteiger partial charge in [0.25, 0.3) is 0 Å². The smallest absolute Gasteiger partial charge is 0.410 e. The van der Waals surface area contributed by atoms with Crippen LogP contribution in [0.4, 0.5) is 9.18 Å². The zero-order valence-electron chi connectivity index (χ0n) is 14.2. The van der Waals surface area contributed by atoms with Gasteiger partial charge >= 0.3 is 6.09 Å². The van der Waals surface area contributed by atoms with E-state index in [-0.39, 0.29) is 18.0 Å². The van der Waals surface area contributed by atoms with Crippen molar-refractivity contribution < 1.29 is 13.9 Å². The Morgan fingerprint density at radius 1 is 1.35 bits per heavy atom. The van der Waals surface area contributed by atoms with Gasteiger partial charge in [0, 0.05) is 24.7 Å². The number of carbonyl (C=O) groups excluding carboxylic acids is 1. The van der Waals surface area contributed by atoms with Crippen LogP contribution in [0.1, 0.15) is 51.6 Å². The molecule has 2 N–H and O–H groups in total. The van der Waals surface area contributed by atoms with Crippen LogP contribution in [0.25, 0.3) is 0 Å². The molecule has 0 spiro atoms. The molecule has 0 unspecified atom stereocenters. The van der Waals surface area contributed by atoms with Crippen LogP contribution in [0.5, 0.6) is 0 Å². The number of carbonyl (C=O) groups is 1. The number of ether oxygens (including phenoxy) is 1. The minimum absolute atomic E-state index is 0.244. The van der Waals surface area contributed by atoms with Crippen molar-refractivity contribution in [3.63, 3.8) is 0 Å². The van der Waals surface area contributed by atoms with Crippen LogP contribution in [0.2, 0.25) is 0 Å². The number of nitrogens with two attached hydrogens (primary N) is 1. The van der Waals surface area contributed by atoms with Gasteiger partial charge in [-0.15, -0.1) is 0 Å². The number of rotatable bonds is 3. The lowest BCUT2D eigenvalue weighted by Gasteiger charge is -2.34. The molecule has 0 bridgehead atoms. The lowest BCUT2D eigenvalue weighted by molar-refractivity contribution is 0.0179. The third-order valence-electron chi connectivity index (χ3n) is 4.16. The van der Waals surface area contributed by atoms with Gasteiger partial charge in [0.05, 0.1) is 0 Å². The van der Waals surface area contributed by atoms with Gasteiger partial charge in [-0.3, -0.25) is 0 Å². The zero-order chi connectivity index (χ0) is 17.0. The topological polar surface area (TPSA) is 55.6 Å². The molecule has 5 heteroatoms. The van der Waals surface area contributed by atoms with Gasteiger partial charge in [-0.25, -0.2) is 9.18 Å². The second-order valence-corrected chi connectivity index (χ2v) is 7.27. The molecule has 4 nitrogen and oxygen atoms in total. The van der Waals surface area contributed by atoms with Crippen LogP contribution in [0, 0.1) is 11.7 Å². The van der Waals surface area contributed by atoms with Gasteiger partial charge in [0.2, 0.25) is 0 Å². The summed E-state index contributed by atoms with van der Waals surface area (Å²) < 4.78 is 19.2. The lowest BCUT2D eigenvalue weighted by atomic mass is 9.88. The predicted molar refractivity (Wildman–Crippen MR) is 88.5 cm³/mol. The highest BCUT2D eigenvalue weighted by Gasteiger charge is 2.28. The Balaban J connectivity index is 1.83. The summed E-state index contributed by atoms with van der Waals surface area (Å²) in [6, 6.07) is 6.37. The highest BCUT2D eigenvalue weighted by molar-refractivity contribution is 5.68. The van der Waals surface area contributed by atoms with Crippen LogP contribution >= 0.6 is 0 Å². The summed E-state index contributed by atoms with van der Waals surface area (Å²) in [7, 11) is 0. The fourth-order valence-corrected chi connectivity index (χ4v) is 2.94. The number of halogens is 1. The van der Waals surface area contributed by atoms with Crippen LogP contribution in [0.3, 0.4) is 0 Å². The molecule has 0 aliphatic carbocycles. The number of likely N-dealkylation sites (tertiary alicyclic amines) is 1. The maximum absolute atomic E-state index is 13.8. The second-order valence-electron chi connectivity index (χ2n) is 7.27. The summed E-state index contributed by atoms with van der Waals surface area (Å²) >= 11 is 0. The van der Waals surface area contributed by atoms with E-state index < -0.39 is 5.60 Å². The van der Waals surface area contributed by atoms with E-state index in [1.54, 1.807) is 17.0 Å². The van der Waals surface area contributed by atoms with Gasteiger partial charge in [0.1, 0.15) is 11.4 Å². The Bertz CT molecular complexity index is 534. The molecular weight excluding hydrogens is 295 g/mol. The largest absolute Gasteiger partial charge is 0.444 e. The Labute approximate surface area is 137 Å². The predicted octanol–water partition coefficient (Wildman–Crippen LogP) is 3.86. The lowest BCUT2D eigenvalue weighted by Crippen LogP contribution is -2.42. The summed E-state index contributed by atoms with van der Waals surface area (Å²) in [4.78, 5) is 13.8. The molecule has 1 heterocycles. The molecule has 1 amide bonds. The fourth-order valence-electron chi connectivity index (χ4n) is 2.94. The minimum Gasteiger partial charge on any atom is -0.444 e. The first-order chi connectivity index (χ1) is 10.8.